The van der Waals surface area contributed by atoms with Crippen molar-refractivity contribution in [1.82, 2.24) is 10.2 Å². The number of carbonyl (C=O) groups is 3. The van der Waals surface area contributed by atoms with Gasteiger partial charge in [-0.2, -0.15) is 0 Å². The number of benzene rings is 2. The number of Topliss-reactive ketones (excluding diaryl/α,β-unsaturated/α-hetero) is 2. The van der Waals surface area contributed by atoms with Gasteiger partial charge >= 0.3 is 0 Å². The summed E-state index contributed by atoms with van der Waals surface area (Å²) in [4.78, 5) is 40.6. The van der Waals surface area contributed by atoms with Crippen molar-refractivity contribution in [2.75, 3.05) is 11.5 Å². The van der Waals surface area contributed by atoms with E-state index < -0.39 is 29.4 Å². The third kappa shape index (κ3) is 3.50. The number of aryl methyl sites for hydroxylation is 1. The molecule has 2 atom stereocenters. The van der Waals surface area contributed by atoms with E-state index in [1.54, 1.807) is 43.3 Å². The van der Waals surface area contributed by atoms with Crippen LogP contribution in [-0.4, -0.2) is 34.3 Å². The predicted octanol–water partition coefficient (Wildman–Crippen LogP) is 3.40. The lowest BCUT2D eigenvalue weighted by Gasteiger charge is -2.24. The molecule has 0 spiro atoms. The maximum atomic E-state index is 13.4. The molecule has 2 aromatic carbocycles. The molecule has 2 unspecified atom stereocenters. The summed E-state index contributed by atoms with van der Waals surface area (Å²) in [6.45, 7) is 4.15. The van der Waals surface area contributed by atoms with Crippen LogP contribution in [0.2, 0.25) is 0 Å². The van der Waals surface area contributed by atoms with Crippen LogP contribution in [0.4, 0.5) is 5.13 Å². The Kier molecular flexibility index (Phi) is 5.41. The monoisotopic (exact) mass is 421 g/mol. The van der Waals surface area contributed by atoms with E-state index in [1.807, 2.05) is 25.1 Å². The van der Waals surface area contributed by atoms with Gasteiger partial charge in [-0.05, 0) is 43.7 Å². The van der Waals surface area contributed by atoms with Gasteiger partial charge < -0.3 is 4.74 Å². The van der Waals surface area contributed by atoms with Gasteiger partial charge in [-0.1, -0.05) is 41.7 Å². The first-order valence-corrected chi connectivity index (χ1v) is 10.3. The van der Waals surface area contributed by atoms with Gasteiger partial charge in [0, 0.05) is 5.56 Å². The lowest BCUT2D eigenvalue weighted by molar-refractivity contribution is -0.135. The van der Waals surface area contributed by atoms with Crippen LogP contribution in [-0.2, 0) is 9.59 Å². The number of hydrogen-bond acceptors (Lipinski definition) is 7. The molecule has 1 aliphatic heterocycles. The van der Waals surface area contributed by atoms with Gasteiger partial charge in [-0.3, -0.25) is 19.3 Å². The van der Waals surface area contributed by atoms with Crippen LogP contribution in [0.1, 0.15) is 33.9 Å². The number of ether oxygens (including phenoxy) is 1. The van der Waals surface area contributed by atoms with E-state index >= 15 is 0 Å². The number of nitrogens with zero attached hydrogens (tertiary/aromatic N) is 3. The Hall–Kier alpha value is -3.39. The van der Waals surface area contributed by atoms with Crippen molar-refractivity contribution in [2.45, 2.75) is 19.9 Å². The Morgan fingerprint density at radius 2 is 1.77 bits per heavy atom. The summed E-state index contributed by atoms with van der Waals surface area (Å²) >= 11 is 1.21. The van der Waals surface area contributed by atoms with Gasteiger partial charge in [-0.15, -0.1) is 10.2 Å². The third-order valence-electron chi connectivity index (χ3n) is 4.90. The third-order valence-corrected chi connectivity index (χ3v) is 5.74. The number of anilines is 1. The summed E-state index contributed by atoms with van der Waals surface area (Å²) in [5.74, 6) is -2.43. The van der Waals surface area contributed by atoms with Crippen LogP contribution in [0, 0.1) is 12.8 Å². The molecule has 3 aromatic rings. The number of ketones is 2. The first-order chi connectivity index (χ1) is 14.5. The number of amides is 1. The van der Waals surface area contributed by atoms with Crippen molar-refractivity contribution in [1.29, 1.82) is 0 Å². The summed E-state index contributed by atoms with van der Waals surface area (Å²) in [7, 11) is 0. The van der Waals surface area contributed by atoms with Crippen molar-refractivity contribution < 1.29 is 19.1 Å². The molecule has 1 aliphatic rings. The zero-order chi connectivity index (χ0) is 21.3. The topological polar surface area (TPSA) is 89.5 Å². The largest absolute Gasteiger partial charge is 0.494 e. The Labute approximate surface area is 177 Å². The minimum absolute atomic E-state index is 0.307. The van der Waals surface area contributed by atoms with E-state index in [0.717, 1.165) is 0 Å². The van der Waals surface area contributed by atoms with E-state index in [0.29, 0.717) is 33.6 Å². The van der Waals surface area contributed by atoms with Crippen molar-refractivity contribution >= 4 is 33.9 Å². The minimum Gasteiger partial charge on any atom is -0.494 e. The highest BCUT2D eigenvalue weighted by Gasteiger charge is 2.53. The highest BCUT2D eigenvalue weighted by molar-refractivity contribution is 7.15. The molecule has 4 rings (SSSR count). The zero-order valence-corrected chi connectivity index (χ0v) is 17.3. The second-order valence-corrected chi connectivity index (χ2v) is 7.96. The summed E-state index contributed by atoms with van der Waals surface area (Å²) in [6.07, 6.45) is 0. The quantitative estimate of drug-likeness (QED) is 0.344. The SMILES string of the molecule is CCOc1ccc(C(=O)C2C(=O)C(=O)N(c3nnc(C)s3)C2c2ccccc2)cc1. The fourth-order valence-electron chi connectivity index (χ4n) is 3.58. The highest BCUT2D eigenvalue weighted by Crippen LogP contribution is 2.42. The average Bonchev–Trinajstić information content (AvgIpc) is 3.30. The van der Waals surface area contributed by atoms with E-state index in [-0.39, 0.29) is 0 Å². The van der Waals surface area contributed by atoms with E-state index in [2.05, 4.69) is 10.2 Å². The van der Waals surface area contributed by atoms with Crippen LogP contribution < -0.4 is 9.64 Å². The number of hydrogen-bond donors (Lipinski definition) is 0. The summed E-state index contributed by atoms with van der Waals surface area (Å²) in [5.41, 5.74) is 1.04. The van der Waals surface area contributed by atoms with Gasteiger partial charge in [0.1, 0.15) is 16.7 Å². The molecule has 0 aliphatic carbocycles. The molecule has 152 valence electrons. The summed E-state index contributed by atoms with van der Waals surface area (Å²) in [5, 5.41) is 8.99. The number of carbonyl (C=O) groups excluding carboxylic acids is 3. The molecule has 1 amide bonds. The molecule has 1 aromatic heterocycles. The Bertz CT molecular complexity index is 1100. The fourth-order valence-corrected chi connectivity index (χ4v) is 4.30. The second kappa shape index (κ2) is 8.16. The first-order valence-electron chi connectivity index (χ1n) is 9.50. The maximum absolute atomic E-state index is 13.4. The van der Waals surface area contributed by atoms with Crippen LogP contribution in [0.3, 0.4) is 0 Å². The zero-order valence-electron chi connectivity index (χ0n) is 16.4. The molecule has 0 N–H and O–H groups in total. The molecule has 0 radical (unpaired) electrons. The fraction of sp³-hybridized carbons (Fsp3) is 0.227. The highest BCUT2D eigenvalue weighted by atomic mass is 32.1. The molecular weight excluding hydrogens is 402 g/mol. The van der Waals surface area contributed by atoms with Crippen molar-refractivity contribution in [3.05, 3.63) is 70.7 Å². The van der Waals surface area contributed by atoms with Crippen molar-refractivity contribution in [3.8, 4) is 5.75 Å². The molecule has 30 heavy (non-hydrogen) atoms. The van der Waals surface area contributed by atoms with Crippen LogP contribution in [0.5, 0.6) is 5.75 Å². The molecular formula is C22H19N3O4S. The standard InChI is InChI=1S/C22H19N3O4S/c1-3-29-16-11-9-15(10-12-16)19(26)17-18(14-7-5-4-6-8-14)25(21(28)20(17)27)22-24-23-13(2)30-22/h4-12,17-18H,3H2,1-2H3. The van der Waals surface area contributed by atoms with Crippen LogP contribution >= 0.6 is 11.3 Å². The first kappa shape index (κ1) is 19.9. The summed E-state index contributed by atoms with van der Waals surface area (Å²) in [6, 6.07) is 14.9. The van der Waals surface area contributed by atoms with Gasteiger partial charge in [-0.25, -0.2) is 0 Å². The number of aromatic nitrogens is 2. The van der Waals surface area contributed by atoms with Crippen LogP contribution in [0.15, 0.2) is 54.6 Å². The Morgan fingerprint density at radius 1 is 1.07 bits per heavy atom. The van der Waals surface area contributed by atoms with Gasteiger partial charge in [0.05, 0.1) is 12.6 Å². The van der Waals surface area contributed by atoms with Gasteiger partial charge in [0.25, 0.3) is 5.91 Å². The molecule has 1 saturated heterocycles. The Morgan fingerprint density at radius 3 is 2.37 bits per heavy atom. The lowest BCUT2D eigenvalue weighted by Crippen LogP contribution is -2.30. The second-order valence-electron chi connectivity index (χ2n) is 6.80. The lowest BCUT2D eigenvalue weighted by atomic mass is 9.86. The smallest absolute Gasteiger partial charge is 0.297 e. The number of rotatable bonds is 6. The molecule has 8 heteroatoms. The predicted molar refractivity (Wildman–Crippen MR) is 112 cm³/mol. The van der Waals surface area contributed by atoms with Crippen LogP contribution in [0.25, 0.3) is 0 Å². The molecule has 0 bridgehead atoms. The molecule has 1 fully saturated rings. The van der Waals surface area contributed by atoms with E-state index in [9.17, 15) is 14.4 Å². The normalized spacial score (nSPS) is 18.7. The minimum atomic E-state index is -1.16. The molecule has 0 saturated carbocycles. The average molecular weight is 421 g/mol. The molecule has 7 nitrogen and oxygen atoms in total. The van der Waals surface area contributed by atoms with Gasteiger partial charge in [0.2, 0.25) is 10.9 Å². The summed E-state index contributed by atoms with van der Waals surface area (Å²) < 4.78 is 5.42. The van der Waals surface area contributed by atoms with Gasteiger partial charge in [0.15, 0.2) is 5.78 Å². The Balaban J connectivity index is 1.77. The van der Waals surface area contributed by atoms with Crippen molar-refractivity contribution in [3.63, 3.8) is 0 Å². The van der Waals surface area contributed by atoms with Crippen molar-refractivity contribution in [2.24, 2.45) is 5.92 Å². The van der Waals surface area contributed by atoms with E-state index in [4.69, 9.17) is 4.74 Å². The maximum Gasteiger partial charge on any atom is 0.297 e. The molecule has 2 heterocycles. The van der Waals surface area contributed by atoms with E-state index in [1.165, 1.54) is 16.2 Å².